The lowest BCUT2D eigenvalue weighted by molar-refractivity contribution is -0.421. The van der Waals surface area contributed by atoms with Crippen LogP contribution in [-0.4, -0.2) is 36.1 Å². The van der Waals surface area contributed by atoms with Gasteiger partial charge in [0.05, 0.1) is 12.2 Å². The fourth-order valence-corrected chi connectivity index (χ4v) is 5.48. The molecule has 37 heavy (non-hydrogen) atoms. The standard InChI is InChI=1S/C32H34N2O3/c1-34(36)31-28-22-26(37-21-11-14-23-12-5-2-6-13-23)19-20-27(28)29(24-15-7-3-8-16-24)30(31)32(35)33-25-17-9-4-10-18-25/h2-3,5-8,12-13,15-16,19-20,22,25H,4,9-11,14,17-18,21H2,1H3,(H,33,35)/b34-31+. The van der Waals surface area contributed by atoms with E-state index in [1.165, 1.54) is 19.0 Å². The number of hydrogen-bond donors (Lipinski definition) is 1. The topological polar surface area (TPSA) is 64.4 Å². The molecule has 1 fully saturated rings. The van der Waals surface area contributed by atoms with Crippen molar-refractivity contribution in [2.24, 2.45) is 0 Å². The van der Waals surface area contributed by atoms with E-state index in [9.17, 15) is 10.0 Å². The van der Waals surface area contributed by atoms with Gasteiger partial charge in [-0.15, -0.1) is 0 Å². The third-order valence-corrected chi connectivity index (χ3v) is 7.27. The van der Waals surface area contributed by atoms with E-state index < -0.39 is 0 Å². The quantitative estimate of drug-likeness (QED) is 0.184. The fraction of sp³-hybridized carbons (Fsp3) is 0.312. The van der Waals surface area contributed by atoms with Gasteiger partial charge in [0.1, 0.15) is 18.4 Å². The highest BCUT2D eigenvalue weighted by Gasteiger charge is 2.38. The van der Waals surface area contributed by atoms with Crippen molar-refractivity contribution in [1.82, 2.24) is 5.32 Å². The zero-order valence-corrected chi connectivity index (χ0v) is 21.4. The summed E-state index contributed by atoms with van der Waals surface area (Å²) in [6, 6.07) is 26.2. The molecule has 1 N–H and O–H groups in total. The van der Waals surface area contributed by atoms with Gasteiger partial charge >= 0.3 is 0 Å². The van der Waals surface area contributed by atoms with Crippen LogP contribution >= 0.6 is 0 Å². The Balaban J connectivity index is 1.43. The van der Waals surface area contributed by atoms with Crippen molar-refractivity contribution >= 4 is 17.2 Å². The molecular formula is C32H34N2O3. The third kappa shape index (κ3) is 5.61. The number of carbonyl (C=O) groups is 1. The first-order valence-electron chi connectivity index (χ1n) is 13.3. The van der Waals surface area contributed by atoms with Gasteiger partial charge in [-0.25, -0.2) is 4.74 Å². The molecule has 0 unspecified atom stereocenters. The van der Waals surface area contributed by atoms with Gasteiger partial charge in [-0.3, -0.25) is 4.79 Å². The van der Waals surface area contributed by atoms with Crippen LogP contribution in [0.2, 0.25) is 0 Å². The Bertz CT molecular complexity index is 1300. The van der Waals surface area contributed by atoms with Gasteiger partial charge in [0.15, 0.2) is 0 Å². The lowest BCUT2D eigenvalue weighted by Crippen LogP contribution is -2.39. The molecule has 1 amide bonds. The van der Waals surface area contributed by atoms with Crippen LogP contribution in [0, 0.1) is 5.21 Å². The molecule has 5 rings (SSSR count). The molecule has 0 saturated heterocycles. The van der Waals surface area contributed by atoms with Crippen molar-refractivity contribution in [2.45, 2.75) is 51.0 Å². The van der Waals surface area contributed by atoms with Crippen LogP contribution in [0.5, 0.6) is 5.75 Å². The van der Waals surface area contributed by atoms with E-state index in [-0.39, 0.29) is 11.9 Å². The molecule has 190 valence electrons. The molecule has 1 saturated carbocycles. The van der Waals surface area contributed by atoms with Crippen LogP contribution in [0.3, 0.4) is 0 Å². The zero-order chi connectivity index (χ0) is 25.6. The molecule has 0 radical (unpaired) electrons. The smallest absolute Gasteiger partial charge is 0.258 e. The van der Waals surface area contributed by atoms with Crippen LogP contribution in [0.1, 0.15) is 60.8 Å². The molecule has 0 heterocycles. The van der Waals surface area contributed by atoms with E-state index in [4.69, 9.17) is 4.74 Å². The van der Waals surface area contributed by atoms with Gasteiger partial charge in [-0.2, -0.15) is 0 Å². The Labute approximate surface area is 219 Å². The van der Waals surface area contributed by atoms with Gasteiger partial charge in [-0.1, -0.05) is 79.9 Å². The molecule has 0 aliphatic heterocycles. The van der Waals surface area contributed by atoms with Crippen LogP contribution in [-0.2, 0) is 11.2 Å². The van der Waals surface area contributed by atoms with Gasteiger partial charge < -0.3 is 15.3 Å². The highest BCUT2D eigenvalue weighted by molar-refractivity contribution is 6.36. The molecule has 2 aliphatic carbocycles. The normalized spacial score (nSPS) is 16.9. The van der Waals surface area contributed by atoms with Crippen molar-refractivity contribution in [3.05, 3.63) is 112 Å². The first kappa shape index (κ1) is 24.8. The van der Waals surface area contributed by atoms with E-state index in [0.717, 1.165) is 65.5 Å². The molecule has 5 heteroatoms. The van der Waals surface area contributed by atoms with E-state index in [1.807, 2.05) is 66.7 Å². The maximum atomic E-state index is 13.7. The van der Waals surface area contributed by atoms with E-state index in [2.05, 4.69) is 17.4 Å². The molecule has 0 spiro atoms. The molecule has 2 aliphatic rings. The molecule has 5 nitrogen and oxygen atoms in total. The van der Waals surface area contributed by atoms with Crippen LogP contribution in [0.4, 0.5) is 0 Å². The summed E-state index contributed by atoms with van der Waals surface area (Å²) in [6.07, 6.45) is 7.26. The van der Waals surface area contributed by atoms with Gasteiger partial charge in [0.25, 0.3) is 5.91 Å². The van der Waals surface area contributed by atoms with Gasteiger partial charge in [0.2, 0.25) is 5.71 Å². The SMILES string of the molecule is C/[N+]([O-])=C1\C(C(=O)NC2CCCCC2)=C(c2ccccc2)c2ccc(OCCCc3ccccc3)cc21. The predicted molar refractivity (Wildman–Crippen MR) is 148 cm³/mol. The first-order chi connectivity index (χ1) is 18.1. The van der Waals surface area contributed by atoms with Crippen molar-refractivity contribution in [1.29, 1.82) is 0 Å². The van der Waals surface area contributed by atoms with E-state index in [1.54, 1.807) is 0 Å². The van der Waals surface area contributed by atoms with E-state index >= 15 is 0 Å². The summed E-state index contributed by atoms with van der Waals surface area (Å²) in [5, 5.41) is 16.2. The third-order valence-electron chi connectivity index (χ3n) is 7.27. The number of rotatable bonds is 8. The lowest BCUT2D eigenvalue weighted by Gasteiger charge is -2.23. The van der Waals surface area contributed by atoms with Gasteiger partial charge in [0, 0.05) is 11.6 Å². The number of hydrogen-bond acceptors (Lipinski definition) is 3. The highest BCUT2D eigenvalue weighted by atomic mass is 16.5. The summed E-state index contributed by atoms with van der Waals surface area (Å²) in [4.78, 5) is 13.7. The Hall–Kier alpha value is -3.86. The minimum atomic E-state index is -0.176. The maximum absolute atomic E-state index is 13.7. The number of nitrogens with zero attached hydrogens (tertiary/aromatic N) is 1. The first-order valence-corrected chi connectivity index (χ1v) is 13.3. The van der Waals surface area contributed by atoms with Crippen molar-refractivity contribution in [3.63, 3.8) is 0 Å². The Morgan fingerprint density at radius 1 is 0.946 bits per heavy atom. The average molecular weight is 495 g/mol. The predicted octanol–water partition coefficient (Wildman–Crippen LogP) is 5.89. The number of ether oxygens (including phenoxy) is 1. The fourth-order valence-electron chi connectivity index (χ4n) is 5.48. The number of hydroxylamine groups is 1. The molecule has 0 aromatic heterocycles. The average Bonchev–Trinajstić information content (AvgIpc) is 3.28. The summed E-state index contributed by atoms with van der Waals surface area (Å²) in [6.45, 7) is 0.574. The Morgan fingerprint density at radius 2 is 1.65 bits per heavy atom. The monoisotopic (exact) mass is 494 g/mol. The molecule has 3 aromatic carbocycles. The minimum Gasteiger partial charge on any atom is -0.624 e. The van der Waals surface area contributed by atoms with Crippen molar-refractivity contribution < 1.29 is 14.3 Å². The molecule has 0 bridgehead atoms. The summed E-state index contributed by atoms with van der Waals surface area (Å²) in [7, 11) is 1.47. The summed E-state index contributed by atoms with van der Waals surface area (Å²) < 4.78 is 6.91. The second-order valence-electron chi connectivity index (χ2n) is 9.92. The number of amides is 1. The maximum Gasteiger partial charge on any atom is 0.258 e. The minimum absolute atomic E-state index is 0.149. The Kier molecular flexibility index (Phi) is 7.69. The van der Waals surface area contributed by atoms with Crippen LogP contribution < -0.4 is 10.1 Å². The van der Waals surface area contributed by atoms with E-state index in [0.29, 0.717) is 23.6 Å². The number of aryl methyl sites for hydroxylation is 1. The lowest BCUT2D eigenvalue weighted by atomic mass is 9.94. The zero-order valence-electron chi connectivity index (χ0n) is 21.4. The van der Waals surface area contributed by atoms with Gasteiger partial charge in [-0.05, 0) is 60.6 Å². The molecule has 0 atom stereocenters. The number of benzene rings is 3. The number of nitrogens with one attached hydrogen (secondary N) is 1. The highest BCUT2D eigenvalue weighted by Crippen LogP contribution is 2.40. The Morgan fingerprint density at radius 3 is 2.35 bits per heavy atom. The van der Waals surface area contributed by atoms with Crippen molar-refractivity contribution in [3.8, 4) is 5.75 Å². The van der Waals surface area contributed by atoms with Crippen LogP contribution in [0.25, 0.3) is 5.57 Å². The number of carbonyl (C=O) groups excluding carboxylic acids is 1. The molecule has 3 aromatic rings. The largest absolute Gasteiger partial charge is 0.624 e. The molecular weight excluding hydrogens is 460 g/mol. The van der Waals surface area contributed by atoms with Crippen molar-refractivity contribution in [2.75, 3.05) is 13.7 Å². The summed E-state index contributed by atoms with van der Waals surface area (Å²) in [5.74, 6) is 0.525. The summed E-state index contributed by atoms with van der Waals surface area (Å²) >= 11 is 0. The second-order valence-corrected chi connectivity index (χ2v) is 9.92. The van der Waals surface area contributed by atoms with Crippen LogP contribution in [0.15, 0.2) is 84.4 Å². The second kappa shape index (κ2) is 11.5. The summed E-state index contributed by atoms with van der Waals surface area (Å²) in [5.41, 5.74) is 5.49. The number of fused-ring (bicyclic) bond motifs is 1.